The summed E-state index contributed by atoms with van der Waals surface area (Å²) in [5.41, 5.74) is 7.60. The van der Waals surface area contributed by atoms with Crippen LogP contribution in [0.1, 0.15) is 52.5 Å². The van der Waals surface area contributed by atoms with E-state index >= 15 is 0 Å². The highest BCUT2D eigenvalue weighted by Crippen LogP contribution is 2.31. The summed E-state index contributed by atoms with van der Waals surface area (Å²) in [7, 11) is 6.58. The van der Waals surface area contributed by atoms with E-state index in [1.54, 1.807) is 28.3 Å². The predicted molar refractivity (Wildman–Crippen MR) is 150 cm³/mol. The van der Waals surface area contributed by atoms with Gasteiger partial charge in [-0.2, -0.15) is 0 Å². The van der Waals surface area contributed by atoms with Gasteiger partial charge in [-0.1, -0.05) is 33.8 Å². The fourth-order valence-electron chi connectivity index (χ4n) is 4.32. The molecule has 4 atom stereocenters. The SMILES string of the molecule is COCCCOc1cc(C[C@@H](C[C@H](N)[C@@H](O)C[C@H](C(=O)NCC(=O)N(C)C)C(C)C)C(C)C)ccc1OC. The number of ether oxygens (including phenoxy) is 3. The van der Waals surface area contributed by atoms with Gasteiger partial charge in [0.2, 0.25) is 11.8 Å². The Balaban J connectivity index is 2.84. The Hall–Kier alpha value is -2.36. The quantitative estimate of drug-likeness (QED) is 0.246. The van der Waals surface area contributed by atoms with Crippen molar-refractivity contribution >= 4 is 11.8 Å². The van der Waals surface area contributed by atoms with Gasteiger partial charge in [0.1, 0.15) is 0 Å². The Morgan fingerprint density at radius 2 is 1.71 bits per heavy atom. The number of aliphatic hydroxyl groups is 1. The Kier molecular flexibility index (Phi) is 15.3. The molecule has 0 saturated carbocycles. The van der Waals surface area contributed by atoms with Crippen LogP contribution in [-0.2, 0) is 20.7 Å². The van der Waals surface area contributed by atoms with Gasteiger partial charge >= 0.3 is 0 Å². The van der Waals surface area contributed by atoms with E-state index in [1.165, 1.54) is 4.90 Å². The van der Waals surface area contributed by atoms with Crippen LogP contribution in [0.2, 0.25) is 0 Å². The Morgan fingerprint density at radius 1 is 1.03 bits per heavy atom. The fourth-order valence-corrected chi connectivity index (χ4v) is 4.32. The highest BCUT2D eigenvalue weighted by atomic mass is 16.5. The molecule has 38 heavy (non-hydrogen) atoms. The van der Waals surface area contributed by atoms with Crippen LogP contribution in [0.3, 0.4) is 0 Å². The maximum absolute atomic E-state index is 12.8. The number of methoxy groups -OCH3 is 2. The third-order valence-electron chi connectivity index (χ3n) is 7.04. The number of nitrogens with two attached hydrogens (primary N) is 1. The lowest BCUT2D eigenvalue weighted by Crippen LogP contribution is -2.44. The van der Waals surface area contributed by atoms with Crippen molar-refractivity contribution in [2.24, 2.45) is 29.4 Å². The number of nitrogens with one attached hydrogen (secondary N) is 1. The molecule has 4 N–H and O–H groups in total. The van der Waals surface area contributed by atoms with Crippen LogP contribution < -0.4 is 20.5 Å². The number of benzene rings is 1. The smallest absolute Gasteiger partial charge is 0.241 e. The van der Waals surface area contributed by atoms with Crippen LogP contribution in [0, 0.1) is 23.7 Å². The summed E-state index contributed by atoms with van der Waals surface area (Å²) in [6.07, 6.45) is 1.58. The average Bonchev–Trinajstić information content (AvgIpc) is 2.87. The van der Waals surface area contributed by atoms with Crippen molar-refractivity contribution in [3.63, 3.8) is 0 Å². The summed E-state index contributed by atoms with van der Waals surface area (Å²) in [6.45, 7) is 9.28. The number of amides is 2. The van der Waals surface area contributed by atoms with Crippen LogP contribution in [0.5, 0.6) is 11.5 Å². The van der Waals surface area contributed by atoms with E-state index in [0.29, 0.717) is 37.1 Å². The van der Waals surface area contributed by atoms with Gasteiger partial charge < -0.3 is 35.3 Å². The summed E-state index contributed by atoms with van der Waals surface area (Å²) in [5, 5.41) is 13.7. The Morgan fingerprint density at radius 3 is 2.26 bits per heavy atom. The van der Waals surface area contributed by atoms with Crippen LogP contribution in [-0.4, -0.2) is 82.0 Å². The first-order chi connectivity index (χ1) is 17.9. The minimum atomic E-state index is -0.838. The molecule has 0 aliphatic rings. The van der Waals surface area contributed by atoms with Crippen molar-refractivity contribution in [1.82, 2.24) is 10.2 Å². The van der Waals surface area contributed by atoms with E-state index in [1.807, 2.05) is 32.0 Å². The van der Waals surface area contributed by atoms with Crippen molar-refractivity contribution in [3.8, 4) is 11.5 Å². The zero-order valence-corrected chi connectivity index (χ0v) is 24.7. The van der Waals surface area contributed by atoms with Crippen molar-refractivity contribution in [1.29, 1.82) is 0 Å². The zero-order chi connectivity index (χ0) is 28.8. The third-order valence-corrected chi connectivity index (χ3v) is 7.04. The lowest BCUT2D eigenvalue weighted by Gasteiger charge is -2.30. The molecule has 0 aliphatic carbocycles. The molecule has 0 fully saturated rings. The number of likely N-dealkylation sites (N-methyl/N-ethyl adjacent to an activating group) is 1. The molecule has 218 valence electrons. The topological polar surface area (TPSA) is 123 Å². The summed E-state index contributed by atoms with van der Waals surface area (Å²) in [4.78, 5) is 26.1. The molecule has 9 heteroatoms. The molecule has 1 aromatic rings. The second-order valence-corrected chi connectivity index (χ2v) is 10.9. The highest BCUT2D eigenvalue weighted by molar-refractivity contribution is 5.85. The first-order valence-corrected chi connectivity index (χ1v) is 13.6. The molecule has 0 saturated heterocycles. The fraction of sp³-hybridized carbons (Fsp3) is 0.724. The predicted octanol–water partition coefficient (Wildman–Crippen LogP) is 2.87. The number of carbonyl (C=O) groups is 2. The molecule has 1 aromatic carbocycles. The summed E-state index contributed by atoms with van der Waals surface area (Å²) in [5.74, 6) is 1.08. The molecule has 9 nitrogen and oxygen atoms in total. The van der Waals surface area contributed by atoms with E-state index < -0.39 is 18.1 Å². The molecular weight excluding hydrogens is 486 g/mol. The first kappa shape index (κ1) is 33.7. The summed E-state index contributed by atoms with van der Waals surface area (Å²) in [6, 6.07) is 5.48. The average molecular weight is 538 g/mol. The van der Waals surface area contributed by atoms with Crippen molar-refractivity contribution in [2.45, 2.75) is 65.5 Å². The zero-order valence-electron chi connectivity index (χ0n) is 24.7. The van der Waals surface area contributed by atoms with Crippen LogP contribution >= 0.6 is 0 Å². The van der Waals surface area contributed by atoms with Crippen LogP contribution in [0.25, 0.3) is 0 Å². The summed E-state index contributed by atoms with van der Waals surface area (Å²) >= 11 is 0. The number of hydrogen-bond acceptors (Lipinski definition) is 7. The molecule has 0 bridgehead atoms. The molecule has 0 aromatic heterocycles. The largest absolute Gasteiger partial charge is 0.493 e. The first-order valence-electron chi connectivity index (χ1n) is 13.6. The molecule has 0 aliphatic heterocycles. The standard InChI is InChI=1S/C29H51N3O6/c1-19(2)22(14-21-10-11-26(37-8)27(15-21)38-13-9-12-36-7)16-24(30)25(33)17-23(20(3)4)29(35)31-18-28(34)32(5)6/h10-11,15,19-20,22-25,33H,9,12-14,16-18,30H2,1-8H3,(H,31,35)/t22-,23-,24-,25-/m0/s1. The molecule has 0 unspecified atom stereocenters. The lowest BCUT2D eigenvalue weighted by atomic mass is 9.81. The maximum atomic E-state index is 12.8. The second kappa shape index (κ2) is 17.3. The van der Waals surface area contributed by atoms with Gasteiger partial charge in [-0.05, 0) is 54.7 Å². The van der Waals surface area contributed by atoms with E-state index in [0.717, 1.165) is 18.4 Å². The molecule has 0 heterocycles. The number of carbonyl (C=O) groups excluding carboxylic acids is 2. The number of hydrogen-bond donors (Lipinski definition) is 3. The van der Waals surface area contributed by atoms with Gasteiger partial charge in [-0.25, -0.2) is 0 Å². The Bertz CT molecular complexity index is 846. The molecule has 2 amide bonds. The van der Waals surface area contributed by atoms with E-state index in [-0.39, 0.29) is 36.6 Å². The van der Waals surface area contributed by atoms with E-state index in [4.69, 9.17) is 19.9 Å². The second-order valence-electron chi connectivity index (χ2n) is 10.9. The van der Waals surface area contributed by atoms with Gasteiger partial charge in [-0.15, -0.1) is 0 Å². The van der Waals surface area contributed by atoms with Crippen molar-refractivity contribution in [2.75, 3.05) is 48.1 Å². The number of aliphatic hydroxyl groups excluding tert-OH is 1. The minimum absolute atomic E-state index is 0.00573. The van der Waals surface area contributed by atoms with Gasteiger partial charge in [-0.3, -0.25) is 9.59 Å². The maximum Gasteiger partial charge on any atom is 0.241 e. The van der Waals surface area contributed by atoms with Crippen molar-refractivity contribution in [3.05, 3.63) is 23.8 Å². The minimum Gasteiger partial charge on any atom is -0.493 e. The molecule has 1 rings (SSSR count). The lowest BCUT2D eigenvalue weighted by molar-refractivity contribution is -0.133. The van der Waals surface area contributed by atoms with Gasteiger partial charge in [0.05, 0.1) is 26.4 Å². The van der Waals surface area contributed by atoms with Crippen LogP contribution in [0.4, 0.5) is 0 Å². The highest BCUT2D eigenvalue weighted by Gasteiger charge is 2.30. The number of nitrogens with zero attached hydrogens (tertiary/aromatic N) is 1. The normalized spacial score (nSPS) is 14.6. The molecule has 0 spiro atoms. The third kappa shape index (κ3) is 11.6. The van der Waals surface area contributed by atoms with Gasteiger partial charge in [0, 0.05) is 46.2 Å². The molecular formula is C29H51N3O6. The van der Waals surface area contributed by atoms with E-state index in [9.17, 15) is 14.7 Å². The number of rotatable bonds is 18. The van der Waals surface area contributed by atoms with Gasteiger partial charge in [0.15, 0.2) is 11.5 Å². The summed E-state index contributed by atoms with van der Waals surface area (Å²) < 4.78 is 16.5. The van der Waals surface area contributed by atoms with Gasteiger partial charge in [0.25, 0.3) is 0 Å². The molecule has 0 radical (unpaired) electrons. The monoisotopic (exact) mass is 537 g/mol. The Labute approximate surface area is 229 Å². The van der Waals surface area contributed by atoms with Crippen molar-refractivity contribution < 1.29 is 28.9 Å². The van der Waals surface area contributed by atoms with E-state index in [2.05, 4.69) is 19.2 Å². The van der Waals surface area contributed by atoms with Crippen LogP contribution in [0.15, 0.2) is 18.2 Å².